The highest BCUT2D eigenvalue weighted by Gasteiger charge is 2.38. The van der Waals surface area contributed by atoms with Gasteiger partial charge in [-0.2, -0.15) is 0 Å². The topological polar surface area (TPSA) is 61.4 Å². The summed E-state index contributed by atoms with van der Waals surface area (Å²) < 4.78 is 11.1. The Bertz CT molecular complexity index is 714. The molecule has 8 heteroatoms. The van der Waals surface area contributed by atoms with Gasteiger partial charge in [-0.05, 0) is 24.5 Å². The summed E-state index contributed by atoms with van der Waals surface area (Å²) >= 11 is 0. The summed E-state index contributed by atoms with van der Waals surface area (Å²) in [5.41, 5.74) is 2.82. The van der Waals surface area contributed by atoms with Crippen molar-refractivity contribution in [3.63, 3.8) is 0 Å². The van der Waals surface area contributed by atoms with Crippen LogP contribution in [0, 0.1) is 0 Å². The molecule has 1 aliphatic carbocycles. The zero-order valence-electron chi connectivity index (χ0n) is 19.5. The van der Waals surface area contributed by atoms with E-state index in [9.17, 15) is 0 Å². The molecule has 3 fully saturated rings. The molecule has 2 heterocycles. The maximum atomic E-state index is 5.62. The lowest BCUT2D eigenvalue weighted by atomic mass is 9.80. The third kappa shape index (κ3) is 6.48. The third-order valence-electron chi connectivity index (χ3n) is 7.06. The lowest BCUT2D eigenvalue weighted by Crippen LogP contribution is -2.60. The van der Waals surface area contributed by atoms with Gasteiger partial charge < -0.3 is 25.0 Å². The first-order chi connectivity index (χ1) is 15.3. The number of hydrogen-bond acceptors (Lipinski definition) is 5. The van der Waals surface area contributed by atoms with Gasteiger partial charge in [0, 0.05) is 57.5 Å². The van der Waals surface area contributed by atoms with Gasteiger partial charge in [0.1, 0.15) is 0 Å². The van der Waals surface area contributed by atoms with Crippen LogP contribution >= 0.6 is 24.0 Å². The second-order valence-electron chi connectivity index (χ2n) is 8.89. The van der Waals surface area contributed by atoms with Crippen LogP contribution < -0.4 is 15.5 Å². The number of rotatable bonds is 6. The van der Waals surface area contributed by atoms with E-state index >= 15 is 0 Å². The molecule has 4 rings (SSSR count). The van der Waals surface area contributed by atoms with Crippen molar-refractivity contribution in [2.45, 2.75) is 44.2 Å². The van der Waals surface area contributed by atoms with Gasteiger partial charge in [0.05, 0.1) is 26.4 Å². The van der Waals surface area contributed by atoms with Crippen molar-refractivity contribution >= 4 is 35.6 Å². The zero-order chi connectivity index (χ0) is 21.4. The standard InChI is InChI=1S/C24H39N5O2.HI/c1-25-23(26-19-21-7-3-4-8-22(21)28-11-15-30-16-12-28)27-20-24(9-5-2-6-10-24)29-13-17-31-18-14-29;/h3-4,7-8H,2,5-6,9-20H2,1H3,(H2,25,26,27);1H. The fraction of sp³-hybridized carbons (Fsp3) is 0.708. The fourth-order valence-corrected chi connectivity index (χ4v) is 5.27. The van der Waals surface area contributed by atoms with Crippen molar-refractivity contribution in [3.05, 3.63) is 29.8 Å². The minimum absolute atomic E-state index is 0. The number of anilines is 1. The van der Waals surface area contributed by atoms with Gasteiger partial charge in [0.25, 0.3) is 0 Å². The largest absolute Gasteiger partial charge is 0.379 e. The zero-order valence-corrected chi connectivity index (χ0v) is 21.8. The number of nitrogens with one attached hydrogen (secondary N) is 2. The Morgan fingerprint density at radius 2 is 1.59 bits per heavy atom. The van der Waals surface area contributed by atoms with Crippen molar-refractivity contribution in [1.29, 1.82) is 0 Å². The number of halogens is 1. The van der Waals surface area contributed by atoms with E-state index in [1.165, 1.54) is 43.4 Å². The Hall–Kier alpha value is -1.10. The van der Waals surface area contributed by atoms with E-state index in [0.717, 1.165) is 71.7 Å². The van der Waals surface area contributed by atoms with E-state index in [1.807, 2.05) is 7.05 Å². The van der Waals surface area contributed by atoms with Gasteiger partial charge in [-0.15, -0.1) is 24.0 Å². The summed E-state index contributed by atoms with van der Waals surface area (Å²) in [4.78, 5) is 9.62. The Labute approximate surface area is 210 Å². The highest BCUT2D eigenvalue weighted by molar-refractivity contribution is 14.0. The number of ether oxygens (including phenoxy) is 2. The van der Waals surface area contributed by atoms with Crippen molar-refractivity contribution in [2.24, 2.45) is 4.99 Å². The minimum atomic E-state index is 0. The maximum Gasteiger partial charge on any atom is 0.191 e. The molecule has 0 amide bonds. The third-order valence-corrected chi connectivity index (χ3v) is 7.06. The number of benzene rings is 1. The normalized spacial score (nSPS) is 22.2. The number of morpholine rings is 2. The second kappa shape index (κ2) is 13.0. The molecule has 0 bridgehead atoms. The Balaban J connectivity index is 0.00000289. The molecule has 0 atom stereocenters. The summed E-state index contributed by atoms with van der Waals surface area (Å²) in [6, 6.07) is 8.67. The van der Waals surface area contributed by atoms with Crippen LogP contribution in [0.2, 0.25) is 0 Å². The number of guanidine groups is 1. The molecule has 1 aromatic rings. The maximum absolute atomic E-state index is 5.62. The van der Waals surface area contributed by atoms with Crippen LogP contribution in [-0.4, -0.2) is 82.6 Å². The Morgan fingerprint density at radius 1 is 0.938 bits per heavy atom. The SMILES string of the molecule is CN=C(NCc1ccccc1N1CCOCC1)NCC1(N2CCOCC2)CCCCC1.I. The molecule has 3 aliphatic rings. The van der Waals surface area contributed by atoms with E-state index < -0.39 is 0 Å². The first-order valence-electron chi connectivity index (χ1n) is 12.0. The monoisotopic (exact) mass is 557 g/mol. The summed E-state index contributed by atoms with van der Waals surface area (Å²) in [7, 11) is 1.87. The average Bonchev–Trinajstić information content (AvgIpc) is 2.86. The fourth-order valence-electron chi connectivity index (χ4n) is 5.27. The van der Waals surface area contributed by atoms with Crippen molar-refractivity contribution in [2.75, 3.05) is 71.1 Å². The van der Waals surface area contributed by atoms with Crippen LogP contribution in [0.4, 0.5) is 5.69 Å². The van der Waals surface area contributed by atoms with Crippen LogP contribution in [0.15, 0.2) is 29.3 Å². The Morgan fingerprint density at radius 3 is 2.28 bits per heavy atom. The number of aliphatic imine (C=N–C) groups is 1. The summed E-state index contributed by atoms with van der Waals surface area (Å²) in [6.45, 7) is 9.00. The van der Waals surface area contributed by atoms with Crippen molar-refractivity contribution in [3.8, 4) is 0 Å². The van der Waals surface area contributed by atoms with Gasteiger partial charge in [-0.25, -0.2) is 0 Å². The van der Waals surface area contributed by atoms with Crippen LogP contribution in [0.5, 0.6) is 0 Å². The van der Waals surface area contributed by atoms with Gasteiger partial charge in [0.2, 0.25) is 0 Å². The molecule has 32 heavy (non-hydrogen) atoms. The molecule has 0 spiro atoms. The molecular formula is C24H40IN5O2. The van der Waals surface area contributed by atoms with E-state index in [1.54, 1.807) is 0 Å². The molecule has 2 N–H and O–H groups in total. The summed E-state index contributed by atoms with van der Waals surface area (Å²) in [5, 5.41) is 7.23. The van der Waals surface area contributed by atoms with Crippen molar-refractivity contribution in [1.82, 2.24) is 15.5 Å². The quantitative estimate of drug-likeness (QED) is 0.319. The molecule has 7 nitrogen and oxygen atoms in total. The molecule has 0 unspecified atom stereocenters. The number of hydrogen-bond donors (Lipinski definition) is 2. The summed E-state index contributed by atoms with van der Waals surface area (Å²) in [5.74, 6) is 0.884. The van der Waals surface area contributed by atoms with Crippen LogP contribution in [0.1, 0.15) is 37.7 Å². The van der Waals surface area contributed by atoms with Crippen molar-refractivity contribution < 1.29 is 9.47 Å². The predicted octanol–water partition coefficient (Wildman–Crippen LogP) is 2.84. The minimum Gasteiger partial charge on any atom is -0.379 e. The Kier molecular flexibility index (Phi) is 10.3. The van der Waals surface area contributed by atoms with Crippen LogP contribution in [0.25, 0.3) is 0 Å². The molecule has 1 saturated carbocycles. The highest BCUT2D eigenvalue weighted by Crippen LogP contribution is 2.33. The second-order valence-corrected chi connectivity index (χ2v) is 8.89. The van der Waals surface area contributed by atoms with Gasteiger partial charge >= 0.3 is 0 Å². The van der Waals surface area contributed by atoms with Gasteiger partial charge in [-0.3, -0.25) is 9.89 Å². The number of nitrogens with zero attached hydrogens (tertiary/aromatic N) is 3. The molecular weight excluding hydrogens is 517 g/mol. The molecule has 0 aromatic heterocycles. The predicted molar refractivity (Wildman–Crippen MR) is 141 cm³/mol. The van der Waals surface area contributed by atoms with E-state index in [4.69, 9.17) is 9.47 Å². The highest BCUT2D eigenvalue weighted by atomic mass is 127. The number of para-hydroxylation sites is 1. The molecule has 1 aromatic carbocycles. The summed E-state index contributed by atoms with van der Waals surface area (Å²) in [6.07, 6.45) is 6.51. The van der Waals surface area contributed by atoms with E-state index in [0.29, 0.717) is 0 Å². The van der Waals surface area contributed by atoms with Gasteiger partial charge in [0.15, 0.2) is 5.96 Å². The lowest BCUT2D eigenvalue weighted by Gasteiger charge is -2.48. The first-order valence-corrected chi connectivity index (χ1v) is 12.0. The van der Waals surface area contributed by atoms with Crippen LogP contribution in [-0.2, 0) is 16.0 Å². The van der Waals surface area contributed by atoms with E-state index in [2.05, 4.69) is 49.7 Å². The molecule has 2 saturated heterocycles. The van der Waals surface area contributed by atoms with Gasteiger partial charge in [-0.1, -0.05) is 37.5 Å². The molecule has 180 valence electrons. The molecule has 0 radical (unpaired) electrons. The lowest BCUT2D eigenvalue weighted by molar-refractivity contribution is -0.0352. The smallest absolute Gasteiger partial charge is 0.191 e. The molecule has 2 aliphatic heterocycles. The first kappa shape index (κ1) is 25.5. The van der Waals surface area contributed by atoms with Crippen LogP contribution in [0.3, 0.4) is 0 Å². The average molecular weight is 558 g/mol. The van der Waals surface area contributed by atoms with E-state index in [-0.39, 0.29) is 29.5 Å².